The van der Waals surface area contributed by atoms with Gasteiger partial charge in [-0.05, 0) is 61.9 Å². The molecule has 0 aliphatic heterocycles. The van der Waals surface area contributed by atoms with E-state index >= 15 is 0 Å². The van der Waals surface area contributed by atoms with Gasteiger partial charge in [0, 0.05) is 31.1 Å². The molecule has 1 fully saturated rings. The van der Waals surface area contributed by atoms with Crippen molar-refractivity contribution in [2.45, 2.75) is 58.5 Å². The molecule has 4 nitrogen and oxygen atoms in total. The average Bonchev–Trinajstić information content (AvgIpc) is 3.15. The van der Waals surface area contributed by atoms with E-state index in [1.54, 1.807) is 0 Å². The Bertz CT molecular complexity index is 857. The summed E-state index contributed by atoms with van der Waals surface area (Å²) in [6.07, 6.45) is 3.19. The summed E-state index contributed by atoms with van der Waals surface area (Å²) in [4.78, 5) is 26.4. The van der Waals surface area contributed by atoms with Crippen LogP contribution in [0.1, 0.15) is 54.1 Å². The van der Waals surface area contributed by atoms with E-state index in [4.69, 9.17) is 0 Å². The van der Waals surface area contributed by atoms with Gasteiger partial charge in [-0.15, -0.1) is 0 Å². The maximum atomic E-state index is 12.9. The highest BCUT2D eigenvalue weighted by Gasteiger charge is 2.30. The van der Waals surface area contributed by atoms with Crippen LogP contribution < -0.4 is 5.32 Å². The van der Waals surface area contributed by atoms with Gasteiger partial charge in [-0.2, -0.15) is 0 Å². The Morgan fingerprint density at radius 3 is 2.43 bits per heavy atom. The topological polar surface area (TPSA) is 49.4 Å². The number of amides is 2. The molecule has 0 spiro atoms. The van der Waals surface area contributed by atoms with Crippen LogP contribution in [-0.4, -0.2) is 35.8 Å². The molecule has 2 atom stereocenters. The fourth-order valence-electron chi connectivity index (χ4n) is 4.07. The zero-order chi connectivity index (χ0) is 20.3. The molecule has 3 rings (SSSR count). The van der Waals surface area contributed by atoms with Crippen LogP contribution in [0.5, 0.6) is 0 Å². The molecule has 0 unspecified atom stereocenters. The maximum absolute atomic E-state index is 12.9. The van der Waals surface area contributed by atoms with Crippen molar-refractivity contribution in [1.82, 2.24) is 10.2 Å². The molecular formula is C24H30N2O2. The van der Waals surface area contributed by atoms with Gasteiger partial charge >= 0.3 is 0 Å². The minimum atomic E-state index is 0.0413. The normalized spacial score (nSPS) is 18.7. The monoisotopic (exact) mass is 378 g/mol. The average molecular weight is 379 g/mol. The SMILES string of the molecule is CCC(=O)N[C@H]1CC[C@@H](N(C)C(=O)c2ccc(-c3ccc(C)cc3C)cc2)C1. The smallest absolute Gasteiger partial charge is 0.253 e. The molecule has 1 saturated carbocycles. The molecule has 0 radical (unpaired) electrons. The Labute approximate surface area is 167 Å². The van der Waals surface area contributed by atoms with Gasteiger partial charge in [-0.3, -0.25) is 9.59 Å². The third-order valence-corrected chi connectivity index (χ3v) is 5.78. The van der Waals surface area contributed by atoms with E-state index in [0.717, 1.165) is 24.8 Å². The van der Waals surface area contributed by atoms with Crippen molar-refractivity contribution in [3.8, 4) is 11.1 Å². The van der Waals surface area contributed by atoms with Gasteiger partial charge in [-0.25, -0.2) is 0 Å². The van der Waals surface area contributed by atoms with E-state index in [-0.39, 0.29) is 23.9 Å². The molecular weight excluding hydrogens is 348 g/mol. The van der Waals surface area contributed by atoms with E-state index in [0.29, 0.717) is 12.0 Å². The Balaban J connectivity index is 1.67. The number of carbonyl (C=O) groups excluding carboxylic acids is 2. The minimum Gasteiger partial charge on any atom is -0.353 e. The summed E-state index contributed by atoms with van der Waals surface area (Å²) >= 11 is 0. The standard InChI is InChI=1S/C24H30N2O2/c1-5-23(27)25-20-11-12-21(15-20)26(4)24(28)19-9-7-18(8-10-19)22-13-6-16(2)14-17(22)3/h6-10,13-14,20-21H,5,11-12,15H2,1-4H3,(H,25,27)/t20-,21+/m0/s1. The van der Waals surface area contributed by atoms with Crippen molar-refractivity contribution in [2.75, 3.05) is 7.05 Å². The molecule has 2 amide bonds. The van der Waals surface area contributed by atoms with Crippen molar-refractivity contribution in [3.05, 3.63) is 59.2 Å². The second kappa shape index (κ2) is 8.59. The fraction of sp³-hybridized carbons (Fsp3) is 0.417. The Kier molecular flexibility index (Phi) is 6.18. The summed E-state index contributed by atoms with van der Waals surface area (Å²) in [5.41, 5.74) is 5.52. The van der Waals surface area contributed by atoms with E-state index in [9.17, 15) is 9.59 Å². The van der Waals surface area contributed by atoms with Gasteiger partial charge in [0.05, 0.1) is 0 Å². The highest BCUT2D eigenvalue weighted by Crippen LogP contribution is 2.27. The summed E-state index contributed by atoms with van der Waals surface area (Å²) in [6.45, 7) is 6.07. The first-order chi connectivity index (χ1) is 13.4. The fourth-order valence-corrected chi connectivity index (χ4v) is 4.07. The zero-order valence-corrected chi connectivity index (χ0v) is 17.3. The number of hydrogen-bond donors (Lipinski definition) is 1. The van der Waals surface area contributed by atoms with Crippen LogP contribution in [0.3, 0.4) is 0 Å². The minimum absolute atomic E-state index is 0.0413. The summed E-state index contributed by atoms with van der Waals surface area (Å²) in [5, 5.41) is 3.05. The Morgan fingerprint density at radius 2 is 1.79 bits per heavy atom. The molecule has 0 aromatic heterocycles. The second-order valence-corrected chi connectivity index (χ2v) is 7.90. The van der Waals surface area contributed by atoms with Crippen LogP contribution in [0, 0.1) is 13.8 Å². The second-order valence-electron chi connectivity index (χ2n) is 7.90. The zero-order valence-electron chi connectivity index (χ0n) is 17.3. The lowest BCUT2D eigenvalue weighted by Gasteiger charge is -2.25. The number of rotatable bonds is 5. The van der Waals surface area contributed by atoms with Crippen LogP contribution in [0.15, 0.2) is 42.5 Å². The lowest BCUT2D eigenvalue weighted by Crippen LogP contribution is -2.38. The first-order valence-corrected chi connectivity index (χ1v) is 10.1. The highest BCUT2D eigenvalue weighted by molar-refractivity contribution is 5.94. The largest absolute Gasteiger partial charge is 0.353 e. The number of nitrogens with one attached hydrogen (secondary N) is 1. The summed E-state index contributed by atoms with van der Waals surface area (Å²) < 4.78 is 0. The molecule has 4 heteroatoms. The molecule has 2 aromatic rings. The number of nitrogens with zero attached hydrogens (tertiary/aromatic N) is 1. The quantitative estimate of drug-likeness (QED) is 0.833. The van der Waals surface area contributed by atoms with E-state index in [1.807, 2.05) is 43.1 Å². The molecule has 1 aliphatic rings. The van der Waals surface area contributed by atoms with Gasteiger partial charge in [0.15, 0.2) is 0 Å². The lowest BCUT2D eigenvalue weighted by molar-refractivity contribution is -0.121. The van der Waals surface area contributed by atoms with Crippen molar-refractivity contribution in [3.63, 3.8) is 0 Å². The van der Waals surface area contributed by atoms with E-state index in [2.05, 4.69) is 37.4 Å². The summed E-state index contributed by atoms with van der Waals surface area (Å²) in [7, 11) is 1.87. The predicted octanol–water partition coefficient (Wildman–Crippen LogP) is 4.49. The van der Waals surface area contributed by atoms with E-state index in [1.165, 1.54) is 16.7 Å². The first kappa shape index (κ1) is 20.1. The van der Waals surface area contributed by atoms with Gasteiger partial charge in [0.2, 0.25) is 5.91 Å². The van der Waals surface area contributed by atoms with Crippen LogP contribution in [-0.2, 0) is 4.79 Å². The van der Waals surface area contributed by atoms with E-state index < -0.39 is 0 Å². The molecule has 28 heavy (non-hydrogen) atoms. The lowest BCUT2D eigenvalue weighted by atomic mass is 9.97. The van der Waals surface area contributed by atoms with Gasteiger partial charge < -0.3 is 10.2 Å². The predicted molar refractivity (Wildman–Crippen MR) is 113 cm³/mol. The van der Waals surface area contributed by atoms with Crippen molar-refractivity contribution in [1.29, 1.82) is 0 Å². The molecule has 148 valence electrons. The number of hydrogen-bond acceptors (Lipinski definition) is 2. The van der Waals surface area contributed by atoms with Crippen LogP contribution in [0.2, 0.25) is 0 Å². The van der Waals surface area contributed by atoms with Gasteiger partial charge in [0.25, 0.3) is 5.91 Å². The highest BCUT2D eigenvalue weighted by atomic mass is 16.2. The molecule has 2 aromatic carbocycles. The third kappa shape index (κ3) is 4.44. The van der Waals surface area contributed by atoms with Crippen molar-refractivity contribution in [2.24, 2.45) is 0 Å². The summed E-state index contributed by atoms with van der Waals surface area (Å²) in [6, 6.07) is 14.7. The Hall–Kier alpha value is -2.62. The maximum Gasteiger partial charge on any atom is 0.253 e. The molecule has 1 aliphatic carbocycles. The molecule has 0 saturated heterocycles. The number of aryl methyl sites for hydroxylation is 2. The number of benzene rings is 2. The third-order valence-electron chi connectivity index (χ3n) is 5.78. The molecule has 0 bridgehead atoms. The summed E-state index contributed by atoms with van der Waals surface area (Å²) in [5.74, 6) is 0.126. The van der Waals surface area contributed by atoms with Crippen LogP contribution in [0.4, 0.5) is 0 Å². The molecule has 1 N–H and O–H groups in total. The first-order valence-electron chi connectivity index (χ1n) is 10.1. The van der Waals surface area contributed by atoms with Crippen molar-refractivity contribution < 1.29 is 9.59 Å². The van der Waals surface area contributed by atoms with Crippen LogP contribution >= 0.6 is 0 Å². The van der Waals surface area contributed by atoms with Gasteiger partial charge in [0.1, 0.15) is 0 Å². The van der Waals surface area contributed by atoms with Crippen LogP contribution in [0.25, 0.3) is 11.1 Å². The van der Waals surface area contributed by atoms with Crippen molar-refractivity contribution >= 4 is 11.8 Å². The number of carbonyl (C=O) groups is 2. The molecule has 0 heterocycles. The van der Waals surface area contributed by atoms with Gasteiger partial charge in [-0.1, -0.05) is 42.8 Å². The Morgan fingerprint density at radius 1 is 1.07 bits per heavy atom.